The normalized spacial score (nSPS) is 37.4. The minimum absolute atomic E-state index is 0.131. The number of fused-ring (bicyclic) bond motifs is 4. The molecule has 0 aromatic carbocycles. The lowest BCUT2D eigenvalue weighted by molar-refractivity contribution is -0.292. The zero-order valence-corrected chi connectivity index (χ0v) is 37.6. The monoisotopic (exact) mass is 867 g/mol. The number of thiophene rings is 1. The van der Waals surface area contributed by atoms with Crippen molar-refractivity contribution >= 4 is 46.8 Å². The smallest absolute Gasteiger partial charge is 0.411 e. The number of Topliss-reactive ketones (excluding diaryl/α,β-unsaturated/α-hetero) is 2. The Hall–Kier alpha value is -4.29. The second-order valence-corrected chi connectivity index (χ2v) is 18.9. The Balaban J connectivity index is 1.47. The third kappa shape index (κ3) is 9.55. The number of carbonyl (C=O) groups excluding carboxylic acids is 5. The van der Waals surface area contributed by atoms with Crippen LogP contribution in [0.3, 0.4) is 0 Å². The number of amides is 2. The van der Waals surface area contributed by atoms with Gasteiger partial charge in [-0.3, -0.25) is 29.3 Å². The summed E-state index contributed by atoms with van der Waals surface area (Å²) in [5, 5.41) is 14.4. The van der Waals surface area contributed by atoms with Crippen LogP contribution in [-0.4, -0.2) is 137 Å². The molecule has 16 nitrogen and oxygen atoms in total. The molecule has 4 fully saturated rings. The van der Waals surface area contributed by atoms with Crippen LogP contribution in [0.2, 0.25) is 0 Å². The van der Waals surface area contributed by atoms with Gasteiger partial charge >= 0.3 is 18.2 Å². The fourth-order valence-electron chi connectivity index (χ4n) is 9.64. The highest BCUT2D eigenvalue weighted by atomic mass is 32.1. The van der Waals surface area contributed by atoms with Crippen LogP contribution in [0.25, 0.3) is 10.4 Å². The topological polar surface area (TPSA) is 195 Å². The molecule has 2 amide bonds. The van der Waals surface area contributed by atoms with Gasteiger partial charge in [-0.15, -0.1) is 11.3 Å². The maximum absolute atomic E-state index is 14.9. The van der Waals surface area contributed by atoms with Crippen molar-refractivity contribution in [3.63, 3.8) is 0 Å². The van der Waals surface area contributed by atoms with E-state index in [9.17, 15) is 29.1 Å². The molecule has 0 saturated carbocycles. The van der Waals surface area contributed by atoms with Crippen LogP contribution in [0, 0.1) is 23.7 Å². The first-order chi connectivity index (χ1) is 28.8. The van der Waals surface area contributed by atoms with Crippen LogP contribution >= 0.6 is 11.3 Å². The van der Waals surface area contributed by atoms with Gasteiger partial charge in [0.25, 0.3) is 0 Å². The number of rotatable bonds is 7. The predicted molar refractivity (Wildman–Crippen MR) is 226 cm³/mol. The summed E-state index contributed by atoms with van der Waals surface area (Å²) in [6.45, 7) is 13.2. The van der Waals surface area contributed by atoms with Gasteiger partial charge in [0.15, 0.2) is 17.7 Å². The van der Waals surface area contributed by atoms with E-state index in [4.69, 9.17) is 28.7 Å². The fourth-order valence-corrected chi connectivity index (χ4v) is 10.6. The highest BCUT2D eigenvalue weighted by molar-refractivity contribution is 7.15. The first-order valence-electron chi connectivity index (χ1n) is 21.2. The van der Waals surface area contributed by atoms with E-state index >= 15 is 0 Å². The molecule has 13 atom stereocenters. The van der Waals surface area contributed by atoms with Gasteiger partial charge in [-0.05, 0) is 79.3 Å². The van der Waals surface area contributed by atoms with Crippen LogP contribution < -0.4 is 5.32 Å². The van der Waals surface area contributed by atoms with Crippen molar-refractivity contribution in [3.8, 4) is 10.4 Å². The van der Waals surface area contributed by atoms with Crippen LogP contribution in [0.1, 0.15) is 79.5 Å². The number of nitrogens with zero attached hydrogens (tertiary/aromatic N) is 4. The van der Waals surface area contributed by atoms with Gasteiger partial charge in [-0.25, -0.2) is 9.59 Å². The summed E-state index contributed by atoms with van der Waals surface area (Å²) in [6.07, 6.45) is -2.79. The van der Waals surface area contributed by atoms with Crippen molar-refractivity contribution in [2.45, 2.75) is 135 Å². The summed E-state index contributed by atoms with van der Waals surface area (Å²) in [4.78, 5) is 86.0. The zero-order chi connectivity index (χ0) is 44.6. The molecule has 17 heteroatoms. The second-order valence-electron chi connectivity index (χ2n) is 17.7. The Bertz CT molecular complexity index is 1980. The number of pyridine rings is 1. The number of alkyl carbamates (subject to hydrolysis) is 1. The molecule has 4 aliphatic heterocycles. The molecule has 6 heterocycles. The third-order valence-electron chi connectivity index (χ3n) is 12.9. The summed E-state index contributed by atoms with van der Waals surface area (Å²) < 4.78 is 31.4. The Morgan fingerprint density at radius 2 is 1.77 bits per heavy atom. The average Bonchev–Trinajstić information content (AvgIpc) is 3.80. The minimum atomic E-state index is -1.74. The SMILES string of the molecule is CC[C@H]1OC(=O)[C@H](C)C(=O)[C@H](C)[C@@H](O[C@@H]2O[C@H](C)C[C@H](N(C)C)[C@H]2O)[C@@]2(C)C[C@@H](C)C(=O)[C@H](C)[C@@H]3N(CC(=NCc4ccc(-c5cccnc5)s4)CNC(=O)O2)C(=O)O[C@@]31C. The van der Waals surface area contributed by atoms with Crippen LogP contribution in [0.5, 0.6) is 0 Å². The summed E-state index contributed by atoms with van der Waals surface area (Å²) in [7, 11) is 3.66. The van der Waals surface area contributed by atoms with E-state index in [1.54, 1.807) is 53.9 Å². The van der Waals surface area contributed by atoms with E-state index in [0.29, 0.717) is 12.1 Å². The highest BCUT2D eigenvalue weighted by Crippen LogP contribution is 2.43. The number of esters is 1. The molecule has 0 aliphatic carbocycles. The van der Waals surface area contributed by atoms with Crippen LogP contribution in [0.15, 0.2) is 41.7 Å². The summed E-state index contributed by atoms with van der Waals surface area (Å²) in [6, 6.07) is 6.42. The molecule has 2 aromatic rings. The minimum Gasteiger partial charge on any atom is -0.458 e. The third-order valence-corrected chi connectivity index (χ3v) is 14.0. The molecule has 0 unspecified atom stereocenters. The van der Waals surface area contributed by atoms with Crippen molar-refractivity contribution in [3.05, 3.63) is 41.5 Å². The number of ether oxygens (including phenoxy) is 5. The number of carbonyl (C=O) groups is 5. The van der Waals surface area contributed by atoms with Gasteiger partial charge in [0.05, 0.1) is 37.5 Å². The molecular weight excluding hydrogens is 807 g/mol. The van der Waals surface area contributed by atoms with E-state index in [2.05, 4.69) is 10.3 Å². The number of cyclic esters (lactones) is 1. The lowest BCUT2D eigenvalue weighted by Gasteiger charge is -2.47. The van der Waals surface area contributed by atoms with E-state index in [1.165, 1.54) is 23.2 Å². The summed E-state index contributed by atoms with van der Waals surface area (Å²) in [5.41, 5.74) is -1.93. The average molecular weight is 868 g/mol. The fraction of sp³-hybridized carbons (Fsp3) is 0.659. The van der Waals surface area contributed by atoms with Crippen LogP contribution in [0.4, 0.5) is 9.59 Å². The molecule has 334 valence electrons. The van der Waals surface area contributed by atoms with E-state index in [0.717, 1.165) is 15.3 Å². The Morgan fingerprint density at radius 1 is 1.03 bits per heavy atom. The molecule has 4 aliphatic rings. The van der Waals surface area contributed by atoms with Crippen LogP contribution in [-0.2, 0) is 44.6 Å². The van der Waals surface area contributed by atoms with Crippen molar-refractivity contribution in [2.24, 2.45) is 28.7 Å². The van der Waals surface area contributed by atoms with Gasteiger partial charge in [0.2, 0.25) is 0 Å². The molecule has 4 saturated heterocycles. The number of aliphatic hydroxyl groups is 1. The van der Waals surface area contributed by atoms with Gasteiger partial charge in [-0.2, -0.15) is 0 Å². The summed E-state index contributed by atoms with van der Waals surface area (Å²) in [5.74, 6) is -5.95. The molecule has 2 aromatic heterocycles. The molecule has 0 radical (unpaired) electrons. The predicted octanol–water partition coefficient (Wildman–Crippen LogP) is 5.05. The number of aliphatic hydroxyl groups excluding tert-OH is 1. The lowest BCUT2D eigenvalue weighted by atomic mass is 9.73. The quantitative estimate of drug-likeness (QED) is 0.214. The standard InChI is InChI=1S/C44H61N5O11S/c1-11-33-44(8)37-25(4)34(50)23(2)18-43(7,38(26(5)35(51)27(6)39(53)57-33)58-40-36(52)31(48(9)10)17-24(3)56-40)59-41(54)47-20-29(22-49(37)42(55)60-44)46-21-30-14-15-32(61-30)28-13-12-16-45-19-28/h12-16,19,23-27,31,33,36-38,40,52H,11,17-18,20-22H2,1-10H3,(H,47,54)/t23-,24-,25+,26+,27-,31+,33-,36-,37+,38-,40+,43-,44-/m1/s1. The molecule has 2 bridgehead atoms. The highest BCUT2D eigenvalue weighted by Gasteiger charge is 2.61. The molecule has 0 spiro atoms. The maximum atomic E-state index is 14.9. The Morgan fingerprint density at radius 3 is 2.44 bits per heavy atom. The van der Waals surface area contributed by atoms with Gasteiger partial charge < -0.3 is 39.0 Å². The molecular formula is C44H61N5O11S. The first kappa shape index (κ1) is 46.2. The van der Waals surface area contributed by atoms with Crippen molar-refractivity contribution in [1.82, 2.24) is 20.1 Å². The summed E-state index contributed by atoms with van der Waals surface area (Å²) >= 11 is 1.53. The van der Waals surface area contributed by atoms with Crippen molar-refractivity contribution in [1.29, 1.82) is 0 Å². The number of hydrogen-bond acceptors (Lipinski definition) is 15. The molecule has 6 rings (SSSR count). The Kier molecular flexibility index (Phi) is 14.1. The second kappa shape index (κ2) is 18.6. The van der Waals surface area contributed by atoms with Crippen molar-refractivity contribution < 1.29 is 52.8 Å². The number of aromatic nitrogens is 1. The van der Waals surface area contributed by atoms with E-state index < -0.39 is 89.5 Å². The largest absolute Gasteiger partial charge is 0.458 e. The van der Waals surface area contributed by atoms with E-state index in [-0.39, 0.29) is 50.4 Å². The zero-order valence-electron chi connectivity index (χ0n) is 36.8. The van der Waals surface area contributed by atoms with Gasteiger partial charge in [-0.1, -0.05) is 33.8 Å². The maximum Gasteiger partial charge on any atom is 0.411 e. The Labute approximate surface area is 361 Å². The number of hydrogen-bond donors (Lipinski definition) is 2. The lowest BCUT2D eigenvalue weighted by Crippen LogP contribution is -2.60. The number of aliphatic imine (C=N–C) groups is 1. The number of likely N-dealkylation sites (N-methyl/N-ethyl adjacent to an activating group) is 1. The number of ketones is 2. The van der Waals surface area contributed by atoms with Gasteiger partial charge in [0, 0.05) is 51.5 Å². The molecule has 61 heavy (non-hydrogen) atoms. The molecule has 2 N–H and O–H groups in total. The van der Waals surface area contributed by atoms with Crippen molar-refractivity contribution in [2.75, 3.05) is 27.2 Å². The van der Waals surface area contributed by atoms with Gasteiger partial charge in [0.1, 0.15) is 35.6 Å². The van der Waals surface area contributed by atoms with E-state index in [1.807, 2.05) is 50.2 Å². The number of nitrogens with one attached hydrogen (secondary N) is 1. The first-order valence-corrected chi connectivity index (χ1v) is 22.0.